The molecule has 1 aliphatic heterocycles. The molecule has 94 valence electrons. The third-order valence-corrected chi connectivity index (χ3v) is 5.09. The zero-order chi connectivity index (χ0) is 12.5. The largest absolute Gasteiger partial charge is 0.356 e. The predicted octanol–water partition coefficient (Wildman–Crippen LogP) is -1.70. The van der Waals surface area contributed by atoms with Gasteiger partial charge in [0, 0.05) is 6.54 Å². The molecule has 0 saturated carbocycles. The molecule has 1 aliphatic rings. The average molecular weight is 272 g/mol. The predicted molar refractivity (Wildman–Crippen MR) is 55.5 cm³/mol. The van der Waals surface area contributed by atoms with Gasteiger partial charge in [0.2, 0.25) is 5.91 Å². The number of hydrogen-bond acceptors (Lipinski definition) is 6. The summed E-state index contributed by atoms with van der Waals surface area (Å²) in [6, 6.07) is -0.808. The quantitative estimate of drug-likeness (QED) is 0.240. The molecule has 0 aromatic carbocycles. The normalized spacial score (nSPS) is 24.9. The molecule has 1 amide bonds. The number of rotatable bonds is 3. The zero-order valence-corrected chi connectivity index (χ0v) is 10.1. The lowest BCUT2D eigenvalue weighted by atomic mass is 10.1. The van der Waals surface area contributed by atoms with Crippen molar-refractivity contribution in [3.8, 4) is 0 Å². The lowest BCUT2D eigenvalue weighted by Crippen LogP contribution is -2.47. The monoisotopic (exact) mass is 272 g/mol. The van der Waals surface area contributed by atoms with Crippen LogP contribution in [0, 0.1) is 0 Å². The van der Waals surface area contributed by atoms with Gasteiger partial charge in [-0.25, -0.2) is 5.84 Å². The van der Waals surface area contributed by atoms with Crippen LogP contribution in [0.25, 0.3) is 0 Å². The standard InChI is InChI=1S/C5H13N4O5PS/c6-4-2-1-3-8(5(4)10)15(11)9(7)16(12,13)14/h4,15H,1-3,6-7H2,(H,12,13,14)/t4-/m0/s1. The first-order chi connectivity index (χ1) is 7.25. The van der Waals surface area contributed by atoms with Crippen molar-refractivity contribution in [2.75, 3.05) is 6.54 Å². The molecule has 2 atom stereocenters. The van der Waals surface area contributed by atoms with E-state index in [2.05, 4.69) is 0 Å². The van der Waals surface area contributed by atoms with Crippen LogP contribution in [-0.4, -0.2) is 40.3 Å². The summed E-state index contributed by atoms with van der Waals surface area (Å²) >= 11 is 0. The minimum Gasteiger partial charge on any atom is -0.320 e. The maximum Gasteiger partial charge on any atom is 0.356 e. The van der Waals surface area contributed by atoms with Crippen LogP contribution < -0.4 is 11.6 Å². The van der Waals surface area contributed by atoms with Crippen molar-refractivity contribution < 1.29 is 22.3 Å². The number of nitrogens with two attached hydrogens (primary N) is 2. The Hall–Kier alpha value is -0.510. The number of piperidine rings is 1. The minimum absolute atomic E-state index is 0.105. The molecule has 9 nitrogen and oxygen atoms in total. The highest BCUT2D eigenvalue weighted by atomic mass is 32.2. The van der Waals surface area contributed by atoms with Crippen LogP contribution >= 0.6 is 8.10 Å². The average Bonchev–Trinajstić information content (AvgIpc) is 2.18. The molecule has 0 aromatic heterocycles. The summed E-state index contributed by atoms with van der Waals surface area (Å²) in [7, 11) is -8.06. The van der Waals surface area contributed by atoms with Gasteiger partial charge in [0.1, 0.15) is 0 Å². The van der Waals surface area contributed by atoms with Crippen molar-refractivity contribution in [3.05, 3.63) is 0 Å². The van der Waals surface area contributed by atoms with Crippen LogP contribution in [-0.2, 0) is 19.7 Å². The number of nitrogens with zero attached hydrogens (tertiary/aromatic N) is 2. The molecule has 11 heteroatoms. The number of hydrogen-bond donors (Lipinski definition) is 3. The number of carbonyl (C=O) groups excluding carboxylic acids is 1. The van der Waals surface area contributed by atoms with E-state index < -0.39 is 30.4 Å². The van der Waals surface area contributed by atoms with Crippen molar-refractivity contribution in [1.82, 2.24) is 8.86 Å². The van der Waals surface area contributed by atoms with Crippen LogP contribution in [0.4, 0.5) is 0 Å². The van der Waals surface area contributed by atoms with Gasteiger partial charge < -0.3 is 5.73 Å². The summed E-state index contributed by atoms with van der Waals surface area (Å²) in [6.07, 6.45) is 0.948. The van der Waals surface area contributed by atoms with Gasteiger partial charge in [-0.3, -0.25) is 18.6 Å². The van der Waals surface area contributed by atoms with Crippen molar-refractivity contribution in [2.45, 2.75) is 18.9 Å². The fraction of sp³-hybridized carbons (Fsp3) is 0.800. The Kier molecular flexibility index (Phi) is 4.05. The van der Waals surface area contributed by atoms with E-state index in [1.807, 2.05) is 0 Å². The highest BCUT2D eigenvalue weighted by Crippen LogP contribution is 2.34. The molecule has 0 bridgehead atoms. The summed E-state index contributed by atoms with van der Waals surface area (Å²) in [5.41, 5.74) is 5.43. The van der Waals surface area contributed by atoms with E-state index in [0.717, 1.165) is 4.67 Å². The summed E-state index contributed by atoms with van der Waals surface area (Å²) < 4.78 is 42.0. The third-order valence-electron chi connectivity index (χ3n) is 2.15. The van der Waals surface area contributed by atoms with Gasteiger partial charge in [0.15, 0.2) is 0 Å². The van der Waals surface area contributed by atoms with E-state index in [1.165, 1.54) is 0 Å². The van der Waals surface area contributed by atoms with E-state index in [4.69, 9.17) is 16.1 Å². The van der Waals surface area contributed by atoms with Crippen molar-refractivity contribution in [2.24, 2.45) is 11.6 Å². The highest BCUT2D eigenvalue weighted by molar-refractivity contribution is 7.88. The molecule has 0 aromatic rings. The van der Waals surface area contributed by atoms with Gasteiger partial charge in [-0.2, -0.15) is 8.42 Å². The molecule has 1 rings (SSSR count). The van der Waals surface area contributed by atoms with Gasteiger partial charge in [0.25, 0.3) is 8.10 Å². The molecule has 1 saturated heterocycles. The second kappa shape index (κ2) is 4.78. The fourth-order valence-corrected chi connectivity index (χ4v) is 3.34. The van der Waals surface area contributed by atoms with Crippen molar-refractivity contribution in [3.63, 3.8) is 0 Å². The molecule has 0 aliphatic carbocycles. The molecular weight excluding hydrogens is 259 g/mol. The third kappa shape index (κ3) is 2.78. The number of carbonyl (C=O) groups is 1. The Morgan fingerprint density at radius 3 is 2.62 bits per heavy atom. The van der Waals surface area contributed by atoms with Crippen molar-refractivity contribution in [1.29, 1.82) is 0 Å². The van der Waals surface area contributed by atoms with E-state index in [1.54, 1.807) is 0 Å². The number of hydrazine groups is 1. The van der Waals surface area contributed by atoms with Crippen LogP contribution in [0.5, 0.6) is 0 Å². The Labute approximate surface area is 93.1 Å². The molecule has 1 unspecified atom stereocenters. The smallest absolute Gasteiger partial charge is 0.320 e. The second-order valence-corrected chi connectivity index (χ2v) is 6.49. The van der Waals surface area contributed by atoms with Crippen LogP contribution in [0.2, 0.25) is 0 Å². The zero-order valence-electron chi connectivity index (χ0n) is 8.24. The summed E-state index contributed by atoms with van der Waals surface area (Å²) in [4.78, 5) is 11.5. The summed E-state index contributed by atoms with van der Waals surface area (Å²) in [5.74, 6) is 4.30. The first kappa shape index (κ1) is 13.6. The van der Waals surface area contributed by atoms with Gasteiger partial charge in [-0.15, -0.1) is 0 Å². The molecule has 0 spiro atoms. The highest BCUT2D eigenvalue weighted by Gasteiger charge is 2.34. The second-order valence-electron chi connectivity index (χ2n) is 3.29. The van der Waals surface area contributed by atoms with Crippen LogP contribution in [0.1, 0.15) is 12.8 Å². The van der Waals surface area contributed by atoms with Crippen LogP contribution in [0.15, 0.2) is 0 Å². The fourth-order valence-electron chi connectivity index (χ4n) is 1.31. The maximum atomic E-state index is 11.6. The first-order valence-corrected chi connectivity index (χ1v) is 7.08. The molecular formula is C5H13N4O5PS. The number of amides is 1. The molecule has 16 heavy (non-hydrogen) atoms. The lowest BCUT2D eigenvalue weighted by molar-refractivity contribution is -0.129. The van der Waals surface area contributed by atoms with Gasteiger partial charge in [0.05, 0.1) is 6.04 Å². The Bertz CT molecular complexity index is 411. The minimum atomic E-state index is -4.78. The summed E-state index contributed by atoms with van der Waals surface area (Å²) in [5, 5.41) is 0. The molecule has 1 heterocycles. The summed E-state index contributed by atoms with van der Waals surface area (Å²) in [6.45, 7) is 0.105. The first-order valence-electron chi connectivity index (χ1n) is 4.38. The van der Waals surface area contributed by atoms with Crippen LogP contribution in [0.3, 0.4) is 0 Å². The van der Waals surface area contributed by atoms with Gasteiger partial charge >= 0.3 is 10.3 Å². The topological polar surface area (TPSA) is 147 Å². The lowest BCUT2D eigenvalue weighted by Gasteiger charge is -2.31. The van der Waals surface area contributed by atoms with E-state index >= 15 is 0 Å². The van der Waals surface area contributed by atoms with E-state index in [0.29, 0.717) is 12.8 Å². The Balaban J connectivity index is 2.85. The molecule has 5 N–H and O–H groups in total. The molecule has 1 fully saturated rings. The maximum absolute atomic E-state index is 11.6. The SMILES string of the molecule is N[C@H]1CCCN([PH](=O)N(N)S(=O)(=O)O)C1=O. The van der Waals surface area contributed by atoms with Gasteiger partial charge in [-0.1, -0.05) is 0 Å². The van der Waals surface area contributed by atoms with E-state index in [9.17, 15) is 17.8 Å². The van der Waals surface area contributed by atoms with E-state index in [-0.39, 0.29) is 10.7 Å². The molecule has 0 radical (unpaired) electrons. The van der Waals surface area contributed by atoms with Crippen molar-refractivity contribution >= 4 is 24.3 Å². The Morgan fingerprint density at radius 1 is 1.56 bits per heavy atom. The Morgan fingerprint density at radius 2 is 2.12 bits per heavy atom. The van der Waals surface area contributed by atoms with Gasteiger partial charge in [-0.05, 0) is 17.0 Å².